The number of amides is 1. The first-order chi connectivity index (χ1) is 13.7. The maximum Gasteiger partial charge on any atom is 0.220 e. The number of piperidine rings is 1. The summed E-state index contributed by atoms with van der Waals surface area (Å²) in [6.07, 6.45) is 3.98. The lowest BCUT2D eigenvalue weighted by molar-refractivity contribution is -0.121. The molecule has 1 aliphatic rings. The molecule has 0 radical (unpaired) electrons. The van der Waals surface area contributed by atoms with E-state index in [2.05, 4.69) is 27.7 Å². The van der Waals surface area contributed by atoms with Crippen LogP contribution in [-0.4, -0.2) is 38.1 Å². The van der Waals surface area contributed by atoms with Crippen molar-refractivity contribution in [1.29, 1.82) is 0 Å². The summed E-state index contributed by atoms with van der Waals surface area (Å²) in [5, 5.41) is 5.16. The predicted molar refractivity (Wildman–Crippen MR) is 113 cm³/mol. The molecule has 1 saturated heterocycles. The number of nitrogens with zero attached hydrogens (tertiary/aromatic N) is 1. The van der Waals surface area contributed by atoms with E-state index in [0.29, 0.717) is 18.9 Å². The highest BCUT2D eigenvalue weighted by Crippen LogP contribution is 2.25. The van der Waals surface area contributed by atoms with Crippen molar-refractivity contribution in [2.45, 2.75) is 38.8 Å². The minimum absolute atomic E-state index is 0.105. The molecule has 152 valence electrons. The Kier molecular flexibility index (Phi) is 7.74. The second-order valence-corrected chi connectivity index (χ2v) is 8.35. The maximum atomic E-state index is 12.3. The van der Waals surface area contributed by atoms with Gasteiger partial charge < -0.3 is 14.8 Å². The van der Waals surface area contributed by atoms with Gasteiger partial charge in [-0.3, -0.25) is 9.69 Å². The zero-order valence-electron chi connectivity index (χ0n) is 16.8. The molecule has 3 rings (SSSR count). The number of hydrogen-bond acceptors (Lipinski definition) is 5. The lowest BCUT2D eigenvalue weighted by Gasteiger charge is -2.32. The monoisotopic (exact) mass is 402 g/mol. The number of carbonyl (C=O) groups is 1. The molecule has 0 saturated carbocycles. The van der Waals surface area contributed by atoms with Crippen molar-refractivity contribution in [3.63, 3.8) is 0 Å². The Bertz CT molecular complexity index is 748. The first-order valence-electron chi connectivity index (χ1n) is 9.90. The fourth-order valence-corrected chi connectivity index (χ4v) is 4.51. The van der Waals surface area contributed by atoms with E-state index in [-0.39, 0.29) is 5.91 Å². The van der Waals surface area contributed by atoms with Crippen molar-refractivity contribution in [1.82, 2.24) is 10.2 Å². The van der Waals surface area contributed by atoms with E-state index in [1.807, 2.05) is 29.5 Å². The summed E-state index contributed by atoms with van der Waals surface area (Å²) < 4.78 is 10.6. The first kappa shape index (κ1) is 20.7. The molecule has 1 fully saturated rings. The summed E-state index contributed by atoms with van der Waals surface area (Å²) in [6.45, 7) is 3.77. The molecule has 6 heteroatoms. The van der Waals surface area contributed by atoms with Crippen LogP contribution >= 0.6 is 11.3 Å². The van der Waals surface area contributed by atoms with Crippen LogP contribution in [0.4, 0.5) is 0 Å². The number of nitrogens with one attached hydrogen (secondary N) is 1. The van der Waals surface area contributed by atoms with Gasteiger partial charge in [-0.1, -0.05) is 6.07 Å². The standard InChI is InChI=1S/C22H30N2O3S/c1-26-19-9-8-18(21(13-19)27-2)14-23-22(25)10-7-17-5-3-11-24(15-17)16-20-6-4-12-28-20/h4,6,8-9,12-13,17H,3,5,7,10-11,14-16H2,1-2H3,(H,23,25)/t17-/m0/s1. The average Bonchev–Trinajstić information content (AvgIpc) is 3.23. The Morgan fingerprint density at radius 2 is 2.18 bits per heavy atom. The van der Waals surface area contributed by atoms with Gasteiger partial charge in [-0.15, -0.1) is 11.3 Å². The topological polar surface area (TPSA) is 50.8 Å². The molecule has 1 aromatic carbocycles. The number of rotatable bonds is 9. The van der Waals surface area contributed by atoms with Gasteiger partial charge in [0.15, 0.2) is 0 Å². The third-order valence-electron chi connectivity index (χ3n) is 5.31. The molecular formula is C22H30N2O3S. The van der Waals surface area contributed by atoms with Crippen LogP contribution in [0.3, 0.4) is 0 Å². The van der Waals surface area contributed by atoms with Gasteiger partial charge >= 0.3 is 0 Å². The molecule has 0 aliphatic carbocycles. The van der Waals surface area contributed by atoms with Gasteiger partial charge in [0.2, 0.25) is 5.91 Å². The molecule has 1 aromatic heterocycles. The molecule has 0 unspecified atom stereocenters. The summed E-state index contributed by atoms with van der Waals surface area (Å²) in [5.74, 6) is 2.19. The highest BCUT2D eigenvalue weighted by atomic mass is 32.1. The highest BCUT2D eigenvalue weighted by Gasteiger charge is 2.21. The van der Waals surface area contributed by atoms with Crippen molar-refractivity contribution in [3.8, 4) is 11.5 Å². The van der Waals surface area contributed by atoms with E-state index in [1.165, 1.54) is 17.7 Å². The lowest BCUT2D eigenvalue weighted by Crippen LogP contribution is -2.35. The predicted octanol–water partition coefficient (Wildman–Crippen LogP) is 4.07. The SMILES string of the molecule is COc1ccc(CNC(=O)CC[C@@H]2CCCN(Cc3cccs3)C2)c(OC)c1. The van der Waals surface area contributed by atoms with Crippen LogP contribution in [-0.2, 0) is 17.9 Å². The summed E-state index contributed by atoms with van der Waals surface area (Å²) in [5.41, 5.74) is 0.955. The Labute approximate surface area is 171 Å². The number of methoxy groups -OCH3 is 2. The second kappa shape index (κ2) is 10.5. The van der Waals surface area contributed by atoms with E-state index < -0.39 is 0 Å². The number of hydrogen-bond donors (Lipinski definition) is 1. The third-order valence-corrected chi connectivity index (χ3v) is 6.17. The summed E-state index contributed by atoms with van der Waals surface area (Å²) in [7, 11) is 3.26. The van der Waals surface area contributed by atoms with Gasteiger partial charge in [-0.05, 0) is 55.3 Å². The lowest BCUT2D eigenvalue weighted by atomic mass is 9.93. The first-order valence-corrected chi connectivity index (χ1v) is 10.8. The van der Waals surface area contributed by atoms with Crippen molar-refractivity contribution in [2.24, 2.45) is 5.92 Å². The summed E-state index contributed by atoms with van der Waals surface area (Å²) in [6, 6.07) is 9.97. The van der Waals surface area contributed by atoms with Crippen molar-refractivity contribution in [3.05, 3.63) is 46.2 Å². The molecule has 1 aliphatic heterocycles. The molecule has 2 aromatic rings. The Morgan fingerprint density at radius 3 is 2.93 bits per heavy atom. The van der Waals surface area contributed by atoms with Crippen LogP contribution in [0.15, 0.2) is 35.7 Å². The number of ether oxygens (including phenoxy) is 2. The molecule has 0 bridgehead atoms. The van der Waals surface area contributed by atoms with Gasteiger partial charge in [-0.2, -0.15) is 0 Å². The van der Waals surface area contributed by atoms with Crippen molar-refractivity contribution >= 4 is 17.2 Å². The Morgan fingerprint density at radius 1 is 1.29 bits per heavy atom. The number of benzene rings is 1. The van der Waals surface area contributed by atoms with Crippen LogP contribution in [0.25, 0.3) is 0 Å². The molecule has 1 atom stereocenters. The number of thiophene rings is 1. The Hall–Kier alpha value is -2.05. The number of carbonyl (C=O) groups excluding carboxylic acids is 1. The van der Waals surface area contributed by atoms with Crippen LogP contribution in [0.5, 0.6) is 11.5 Å². The normalized spacial score (nSPS) is 17.3. The van der Waals surface area contributed by atoms with Gasteiger partial charge in [0, 0.05) is 42.6 Å². The van der Waals surface area contributed by atoms with Gasteiger partial charge in [-0.25, -0.2) is 0 Å². The van der Waals surface area contributed by atoms with E-state index in [0.717, 1.165) is 43.1 Å². The molecular weight excluding hydrogens is 372 g/mol. The van der Waals surface area contributed by atoms with Gasteiger partial charge in [0.05, 0.1) is 14.2 Å². The highest BCUT2D eigenvalue weighted by molar-refractivity contribution is 7.09. The minimum atomic E-state index is 0.105. The molecule has 28 heavy (non-hydrogen) atoms. The third kappa shape index (κ3) is 5.97. The van der Waals surface area contributed by atoms with Crippen LogP contribution < -0.4 is 14.8 Å². The molecule has 5 nitrogen and oxygen atoms in total. The van der Waals surface area contributed by atoms with E-state index in [1.54, 1.807) is 14.2 Å². The number of likely N-dealkylation sites (tertiary alicyclic amines) is 1. The molecule has 0 spiro atoms. The summed E-state index contributed by atoms with van der Waals surface area (Å²) >= 11 is 1.82. The van der Waals surface area contributed by atoms with Gasteiger partial charge in [0.25, 0.3) is 0 Å². The molecule has 1 N–H and O–H groups in total. The van der Waals surface area contributed by atoms with Crippen molar-refractivity contribution in [2.75, 3.05) is 27.3 Å². The fraction of sp³-hybridized carbons (Fsp3) is 0.500. The average molecular weight is 403 g/mol. The van der Waals surface area contributed by atoms with E-state index in [4.69, 9.17) is 9.47 Å². The van der Waals surface area contributed by atoms with Crippen LogP contribution in [0.1, 0.15) is 36.1 Å². The quantitative estimate of drug-likeness (QED) is 0.687. The van der Waals surface area contributed by atoms with Crippen LogP contribution in [0.2, 0.25) is 0 Å². The van der Waals surface area contributed by atoms with E-state index in [9.17, 15) is 4.79 Å². The van der Waals surface area contributed by atoms with Crippen LogP contribution in [0, 0.1) is 5.92 Å². The largest absolute Gasteiger partial charge is 0.497 e. The smallest absolute Gasteiger partial charge is 0.220 e. The zero-order chi connectivity index (χ0) is 19.8. The maximum absolute atomic E-state index is 12.3. The fourth-order valence-electron chi connectivity index (χ4n) is 3.77. The Balaban J connectivity index is 1.41. The zero-order valence-corrected chi connectivity index (χ0v) is 17.6. The van der Waals surface area contributed by atoms with Crippen molar-refractivity contribution < 1.29 is 14.3 Å². The minimum Gasteiger partial charge on any atom is -0.497 e. The van der Waals surface area contributed by atoms with Gasteiger partial charge in [0.1, 0.15) is 11.5 Å². The molecule has 1 amide bonds. The second-order valence-electron chi connectivity index (χ2n) is 7.32. The summed E-state index contributed by atoms with van der Waals surface area (Å²) in [4.78, 5) is 16.3. The molecule has 2 heterocycles. The van der Waals surface area contributed by atoms with E-state index >= 15 is 0 Å².